The minimum atomic E-state index is 0.152. The second kappa shape index (κ2) is 5.57. The number of carbonyl (C=O) groups excluding carboxylic acids is 1. The van der Waals surface area contributed by atoms with Crippen molar-refractivity contribution in [2.24, 2.45) is 17.1 Å². The summed E-state index contributed by atoms with van der Waals surface area (Å²) in [6.07, 6.45) is 4.67. The minimum absolute atomic E-state index is 0.152. The Morgan fingerprint density at radius 3 is 2.89 bits per heavy atom. The van der Waals surface area contributed by atoms with Gasteiger partial charge in [0.25, 0.3) is 0 Å². The first kappa shape index (κ1) is 13.8. The molecule has 3 N–H and O–H groups in total. The fourth-order valence-electron chi connectivity index (χ4n) is 3.41. The lowest BCUT2D eigenvalue weighted by Crippen LogP contribution is -2.59. The molecule has 0 spiro atoms. The molecule has 2 rings (SSSR count). The Kier molecular flexibility index (Phi) is 4.28. The van der Waals surface area contributed by atoms with Crippen LogP contribution in [0.1, 0.15) is 39.5 Å². The van der Waals surface area contributed by atoms with Crippen LogP contribution in [0.25, 0.3) is 0 Å². The zero-order valence-corrected chi connectivity index (χ0v) is 11.7. The summed E-state index contributed by atoms with van der Waals surface area (Å²) < 4.78 is 0. The van der Waals surface area contributed by atoms with Crippen molar-refractivity contribution >= 4 is 5.91 Å². The number of piperazine rings is 1. The van der Waals surface area contributed by atoms with Crippen LogP contribution in [0.3, 0.4) is 0 Å². The normalized spacial score (nSPS) is 32.3. The van der Waals surface area contributed by atoms with E-state index in [0.29, 0.717) is 12.5 Å². The lowest BCUT2D eigenvalue weighted by Gasteiger charge is -2.43. The van der Waals surface area contributed by atoms with Crippen molar-refractivity contribution in [1.82, 2.24) is 10.2 Å². The Balaban J connectivity index is 2.09. The second-order valence-electron chi connectivity index (χ2n) is 6.41. The minimum Gasteiger partial charge on any atom is -0.336 e. The van der Waals surface area contributed by atoms with Gasteiger partial charge in [0, 0.05) is 32.1 Å². The number of rotatable bonds is 2. The van der Waals surface area contributed by atoms with E-state index in [0.717, 1.165) is 26.1 Å². The summed E-state index contributed by atoms with van der Waals surface area (Å²) in [5, 5.41) is 3.32. The topological polar surface area (TPSA) is 58.4 Å². The molecule has 1 saturated carbocycles. The Labute approximate surface area is 110 Å². The average Bonchev–Trinajstić information content (AvgIpc) is 2.37. The van der Waals surface area contributed by atoms with Crippen LogP contribution in [0.4, 0.5) is 0 Å². The number of carbonyl (C=O) groups is 1. The molecule has 0 bridgehead atoms. The highest BCUT2D eigenvalue weighted by Gasteiger charge is 2.40. The van der Waals surface area contributed by atoms with Gasteiger partial charge >= 0.3 is 0 Å². The molecule has 2 fully saturated rings. The molecule has 4 heteroatoms. The van der Waals surface area contributed by atoms with Crippen LogP contribution < -0.4 is 11.1 Å². The molecule has 4 nitrogen and oxygen atoms in total. The van der Waals surface area contributed by atoms with Crippen LogP contribution >= 0.6 is 0 Å². The van der Waals surface area contributed by atoms with E-state index in [2.05, 4.69) is 19.2 Å². The molecule has 18 heavy (non-hydrogen) atoms. The SMILES string of the molecule is CC1(C)CCCCC1C(=O)N1CCNCC1CN. The van der Waals surface area contributed by atoms with E-state index >= 15 is 0 Å². The molecule has 2 atom stereocenters. The van der Waals surface area contributed by atoms with Crippen LogP contribution in [-0.4, -0.2) is 43.0 Å². The standard InChI is InChI=1S/C14H27N3O/c1-14(2)6-4-3-5-12(14)13(18)17-8-7-16-10-11(17)9-15/h11-12,16H,3-10,15H2,1-2H3. The number of hydrogen-bond acceptors (Lipinski definition) is 3. The van der Waals surface area contributed by atoms with Gasteiger partial charge in [0.05, 0.1) is 6.04 Å². The zero-order chi connectivity index (χ0) is 13.2. The molecular weight excluding hydrogens is 226 g/mol. The van der Waals surface area contributed by atoms with Gasteiger partial charge in [-0.3, -0.25) is 4.79 Å². The number of nitrogens with zero attached hydrogens (tertiary/aromatic N) is 1. The predicted octanol–water partition coefficient (Wildman–Crippen LogP) is 0.962. The summed E-state index contributed by atoms with van der Waals surface area (Å²) in [6.45, 7) is 7.60. The molecule has 1 aliphatic carbocycles. The number of amides is 1. The predicted molar refractivity (Wildman–Crippen MR) is 73.2 cm³/mol. The van der Waals surface area contributed by atoms with E-state index in [9.17, 15) is 4.79 Å². The fourth-order valence-corrected chi connectivity index (χ4v) is 3.41. The second-order valence-corrected chi connectivity index (χ2v) is 6.41. The third kappa shape index (κ3) is 2.69. The first-order chi connectivity index (χ1) is 8.56. The van der Waals surface area contributed by atoms with Gasteiger partial charge in [-0.15, -0.1) is 0 Å². The molecule has 1 aliphatic heterocycles. The number of nitrogens with two attached hydrogens (primary N) is 1. The van der Waals surface area contributed by atoms with Gasteiger partial charge in [-0.1, -0.05) is 26.7 Å². The molecule has 2 aliphatic rings. The summed E-state index contributed by atoms with van der Waals surface area (Å²) in [5.41, 5.74) is 5.95. The zero-order valence-electron chi connectivity index (χ0n) is 11.7. The lowest BCUT2D eigenvalue weighted by atomic mass is 9.68. The molecule has 1 heterocycles. The Bertz CT molecular complexity index is 303. The first-order valence-electron chi connectivity index (χ1n) is 7.27. The van der Waals surface area contributed by atoms with E-state index < -0.39 is 0 Å². The van der Waals surface area contributed by atoms with Crippen LogP contribution in [0, 0.1) is 11.3 Å². The van der Waals surface area contributed by atoms with Gasteiger partial charge in [0.2, 0.25) is 5.91 Å². The molecule has 1 saturated heterocycles. The van der Waals surface area contributed by atoms with Crippen molar-refractivity contribution in [3.05, 3.63) is 0 Å². The summed E-state index contributed by atoms with van der Waals surface area (Å²) >= 11 is 0. The Hall–Kier alpha value is -0.610. The largest absolute Gasteiger partial charge is 0.336 e. The molecule has 104 valence electrons. The third-order valence-corrected chi connectivity index (χ3v) is 4.71. The quantitative estimate of drug-likeness (QED) is 0.771. The maximum Gasteiger partial charge on any atom is 0.226 e. The van der Waals surface area contributed by atoms with E-state index in [4.69, 9.17) is 5.73 Å². The summed E-state index contributed by atoms with van der Waals surface area (Å²) in [5.74, 6) is 0.537. The van der Waals surface area contributed by atoms with Gasteiger partial charge in [-0.25, -0.2) is 0 Å². The fraction of sp³-hybridized carbons (Fsp3) is 0.929. The highest BCUT2D eigenvalue weighted by Crippen LogP contribution is 2.41. The van der Waals surface area contributed by atoms with Gasteiger partial charge in [0.15, 0.2) is 0 Å². The van der Waals surface area contributed by atoms with Crippen molar-refractivity contribution in [2.75, 3.05) is 26.2 Å². The van der Waals surface area contributed by atoms with Crippen molar-refractivity contribution in [2.45, 2.75) is 45.6 Å². The van der Waals surface area contributed by atoms with E-state index in [1.165, 1.54) is 19.3 Å². The first-order valence-corrected chi connectivity index (χ1v) is 7.27. The molecule has 2 unspecified atom stereocenters. The maximum atomic E-state index is 12.8. The summed E-state index contributed by atoms with van der Waals surface area (Å²) in [6, 6.07) is 0.184. The summed E-state index contributed by atoms with van der Waals surface area (Å²) in [4.78, 5) is 14.8. The van der Waals surface area contributed by atoms with Crippen LogP contribution in [0.5, 0.6) is 0 Å². The maximum absolute atomic E-state index is 12.8. The molecule has 0 aromatic rings. The van der Waals surface area contributed by atoms with Gasteiger partial charge in [-0.05, 0) is 18.3 Å². The number of hydrogen-bond donors (Lipinski definition) is 2. The Morgan fingerprint density at radius 1 is 1.44 bits per heavy atom. The number of nitrogens with one attached hydrogen (secondary N) is 1. The monoisotopic (exact) mass is 253 g/mol. The van der Waals surface area contributed by atoms with Crippen LogP contribution in [0.15, 0.2) is 0 Å². The van der Waals surface area contributed by atoms with Gasteiger partial charge < -0.3 is 16.0 Å². The molecule has 1 amide bonds. The molecule has 0 aromatic carbocycles. The van der Waals surface area contributed by atoms with Gasteiger partial charge in [0.1, 0.15) is 0 Å². The van der Waals surface area contributed by atoms with Crippen LogP contribution in [0.2, 0.25) is 0 Å². The van der Waals surface area contributed by atoms with Crippen molar-refractivity contribution in [1.29, 1.82) is 0 Å². The molecule has 0 aromatic heterocycles. The lowest BCUT2D eigenvalue weighted by molar-refractivity contribution is -0.144. The average molecular weight is 253 g/mol. The third-order valence-electron chi connectivity index (χ3n) is 4.71. The van der Waals surface area contributed by atoms with E-state index in [1.54, 1.807) is 0 Å². The van der Waals surface area contributed by atoms with E-state index in [-0.39, 0.29) is 17.4 Å². The molecular formula is C14H27N3O. The highest BCUT2D eigenvalue weighted by atomic mass is 16.2. The molecule has 0 radical (unpaired) electrons. The smallest absolute Gasteiger partial charge is 0.226 e. The van der Waals surface area contributed by atoms with Crippen LogP contribution in [-0.2, 0) is 4.79 Å². The van der Waals surface area contributed by atoms with Crippen molar-refractivity contribution in [3.8, 4) is 0 Å². The van der Waals surface area contributed by atoms with Crippen molar-refractivity contribution < 1.29 is 4.79 Å². The van der Waals surface area contributed by atoms with E-state index in [1.807, 2.05) is 4.90 Å². The summed E-state index contributed by atoms with van der Waals surface area (Å²) in [7, 11) is 0. The highest BCUT2D eigenvalue weighted by molar-refractivity contribution is 5.80. The Morgan fingerprint density at radius 2 is 2.22 bits per heavy atom. The van der Waals surface area contributed by atoms with Crippen molar-refractivity contribution in [3.63, 3.8) is 0 Å². The van der Waals surface area contributed by atoms with Gasteiger partial charge in [-0.2, -0.15) is 0 Å².